The molecule has 0 saturated heterocycles. The van der Waals surface area contributed by atoms with Gasteiger partial charge in [0.1, 0.15) is 12.4 Å². The average Bonchev–Trinajstić information content (AvgIpc) is 2.89. The second-order valence-corrected chi connectivity index (χ2v) is 11.5. The molecule has 3 heteroatoms. The lowest BCUT2D eigenvalue weighted by Gasteiger charge is -2.33. The predicted octanol–water partition coefficient (Wildman–Crippen LogP) is 8.08. The molecule has 184 valence electrons. The molecule has 2 nitrogen and oxygen atoms in total. The van der Waals surface area contributed by atoms with Gasteiger partial charge in [-0.2, -0.15) is 0 Å². The van der Waals surface area contributed by atoms with E-state index in [0.717, 1.165) is 41.4 Å². The van der Waals surface area contributed by atoms with E-state index in [2.05, 4.69) is 80.6 Å². The van der Waals surface area contributed by atoms with Gasteiger partial charge in [-0.3, -0.25) is 4.79 Å². The predicted molar refractivity (Wildman–Crippen MR) is 153 cm³/mol. The van der Waals surface area contributed by atoms with Crippen molar-refractivity contribution in [1.29, 1.82) is 0 Å². The lowest BCUT2D eigenvalue weighted by molar-refractivity contribution is 0.101. The third kappa shape index (κ3) is 6.50. The van der Waals surface area contributed by atoms with Crippen molar-refractivity contribution in [3.63, 3.8) is 0 Å². The first kappa shape index (κ1) is 25.9. The average molecular weight is 495 g/mol. The Labute approximate surface area is 217 Å². The molecule has 4 aromatic carbocycles. The van der Waals surface area contributed by atoms with E-state index in [9.17, 15) is 4.79 Å². The second kappa shape index (κ2) is 12.2. The number of carbonyl (C=O) groups excluding carboxylic acids is 1. The van der Waals surface area contributed by atoms with Crippen LogP contribution in [0.1, 0.15) is 66.2 Å². The normalized spacial score (nSPS) is 13.0. The van der Waals surface area contributed by atoms with E-state index in [-0.39, 0.29) is 10.9 Å². The fraction of sp³-hybridized carbons (Fsp3) is 0.242. The molecule has 0 aliphatic rings. The van der Waals surface area contributed by atoms with Gasteiger partial charge in [-0.1, -0.05) is 126 Å². The summed E-state index contributed by atoms with van der Waals surface area (Å²) in [6, 6.07) is 35.6. The van der Waals surface area contributed by atoms with Crippen molar-refractivity contribution in [1.82, 2.24) is 0 Å². The SMILES string of the molecule is CCCC(C)(Pc1ccccc1C(C)=O)c1cc(Cc2ccccc2)ccc1OCc1ccccc1. The zero-order valence-electron chi connectivity index (χ0n) is 21.5. The van der Waals surface area contributed by atoms with E-state index in [0.29, 0.717) is 15.2 Å². The monoisotopic (exact) mass is 494 g/mol. The first-order valence-electron chi connectivity index (χ1n) is 12.7. The van der Waals surface area contributed by atoms with Crippen molar-refractivity contribution in [2.75, 3.05) is 0 Å². The maximum Gasteiger partial charge on any atom is 0.160 e. The highest BCUT2D eigenvalue weighted by Crippen LogP contribution is 2.49. The van der Waals surface area contributed by atoms with Crippen molar-refractivity contribution in [2.24, 2.45) is 0 Å². The number of ketones is 1. The number of Topliss-reactive ketones (excluding diaryl/α,β-unsaturated/α-hetero) is 1. The van der Waals surface area contributed by atoms with E-state index in [1.165, 1.54) is 16.7 Å². The van der Waals surface area contributed by atoms with Crippen LogP contribution in [-0.2, 0) is 18.2 Å². The van der Waals surface area contributed by atoms with Crippen molar-refractivity contribution >= 4 is 19.7 Å². The minimum Gasteiger partial charge on any atom is -0.489 e. The summed E-state index contributed by atoms with van der Waals surface area (Å²) in [5.41, 5.74) is 5.77. The van der Waals surface area contributed by atoms with Crippen molar-refractivity contribution in [2.45, 2.75) is 51.8 Å². The van der Waals surface area contributed by atoms with E-state index < -0.39 is 0 Å². The maximum atomic E-state index is 12.4. The summed E-state index contributed by atoms with van der Waals surface area (Å²) < 4.78 is 6.47. The molecule has 0 bridgehead atoms. The Balaban J connectivity index is 1.75. The molecule has 2 unspecified atom stereocenters. The third-order valence-corrected chi connectivity index (χ3v) is 8.37. The van der Waals surface area contributed by atoms with Crippen molar-refractivity contribution < 1.29 is 9.53 Å². The van der Waals surface area contributed by atoms with Gasteiger partial charge >= 0.3 is 0 Å². The molecule has 4 aromatic rings. The molecule has 0 spiro atoms. The van der Waals surface area contributed by atoms with Gasteiger partial charge < -0.3 is 4.74 Å². The zero-order chi connectivity index (χ0) is 25.4. The Morgan fingerprint density at radius 2 is 1.44 bits per heavy atom. The second-order valence-electron chi connectivity index (χ2n) is 9.58. The number of benzene rings is 4. The Kier molecular flexibility index (Phi) is 8.73. The molecule has 0 heterocycles. The van der Waals surface area contributed by atoms with Gasteiger partial charge in [0.15, 0.2) is 5.78 Å². The van der Waals surface area contributed by atoms with Crippen molar-refractivity contribution in [3.8, 4) is 5.75 Å². The lowest BCUT2D eigenvalue weighted by Crippen LogP contribution is -2.23. The van der Waals surface area contributed by atoms with Crippen LogP contribution in [-0.4, -0.2) is 5.78 Å². The van der Waals surface area contributed by atoms with Crippen LogP contribution in [0.5, 0.6) is 5.75 Å². The Hall–Kier alpha value is -3.22. The van der Waals surface area contributed by atoms with Crippen LogP contribution in [0.2, 0.25) is 0 Å². The van der Waals surface area contributed by atoms with Crippen LogP contribution in [0.3, 0.4) is 0 Å². The first-order valence-corrected chi connectivity index (χ1v) is 13.7. The summed E-state index contributed by atoms with van der Waals surface area (Å²) in [5.74, 6) is 1.05. The fourth-order valence-corrected chi connectivity index (χ4v) is 6.64. The van der Waals surface area contributed by atoms with Crippen LogP contribution in [0.25, 0.3) is 0 Å². The summed E-state index contributed by atoms with van der Waals surface area (Å²) in [7, 11) is 0.455. The minimum atomic E-state index is -0.154. The standard InChI is InChI=1S/C33H35O2P/c1-4-21-33(3,36-32-18-12-11-17-29(32)25(2)34)30-23-28(22-26-13-7-5-8-14-26)19-20-31(30)35-24-27-15-9-6-10-16-27/h5-20,23,36H,4,21-22,24H2,1-3H3. The van der Waals surface area contributed by atoms with Gasteiger partial charge in [0.2, 0.25) is 0 Å². The van der Waals surface area contributed by atoms with Gasteiger partial charge in [0.25, 0.3) is 0 Å². The molecule has 0 fully saturated rings. The topological polar surface area (TPSA) is 26.3 Å². The zero-order valence-corrected chi connectivity index (χ0v) is 22.5. The van der Waals surface area contributed by atoms with Crippen LogP contribution >= 0.6 is 8.58 Å². The van der Waals surface area contributed by atoms with Crippen LogP contribution < -0.4 is 10.0 Å². The highest BCUT2D eigenvalue weighted by Gasteiger charge is 2.31. The number of carbonyl (C=O) groups is 1. The molecule has 4 rings (SSSR count). The smallest absolute Gasteiger partial charge is 0.160 e. The summed E-state index contributed by atoms with van der Waals surface area (Å²) in [5, 5.41) is 0.974. The highest BCUT2D eigenvalue weighted by molar-refractivity contribution is 7.48. The molecule has 0 saturated carbocycles. The number of rotatable bonds is 11. The Bertz CT molecular complexity index is 1280. The summed E-state index contributed by atoms with van der Waals surface area (Å²) >= 11 is 0. The summed E-state index contributed by atoms with van der Waals surface area (Å²) in [4.78, 5) is 12.4. The molecule has 36 heavy (non-hydrogen) atoms. The molecule has 0 radical (unpaired) electrons. The fourth-order valence-electron chi connectivity index (χ4n) is 4.77. The first-order chi connectivity index (χ1) is 17.5. The summed E-state index contributed by atoms with van der Waals surface area (Å²) in [6.07, 6.45) is 2.93. The molecular weight excluding hydrogens is 459 g/mol. The number of ether oxygens (including phenoxy) is 1. The maximum absolute atomic E-state index is 12.4. The Morgan fingerprint density at radius 3 is 2.11 bits per heavy atom. The number of hydrogen-bond acceptors (Lipinski definition) is 2. The molecule has 2 atom stereocenters. The van der Waals surface area contributed by atoms with Gasteiger partial charge in [-0.05, 0) is 47.8 Å². The summed E-state index contributed by atoms with van der Waals surface area (Å²) in [6.45, 7) is 6.76. The molecule has 0 N–H and O–H groups in total. The largest absolute Gasteiger partial charge is 0.489 e. The molecule has 0 aliphatic heterocycles. The molecular formula is C33H35O2P. The van der Waals surface area contributed by atoms with E-state index >= 15 is 0 Å². The van der Waals surface area contributed by atoms with Gasteiger partial charge in [-0.25, -0.2) is 0 Å². The minimum absolute atomic E-state index is 0.121. The quantitative estimate of drug-likeness (QED) is 0.156. The van der Waals surface area contributed by atoms with Crippen LogP contribution in [0.4, 0.5) is 0 Å². The van der Waals surface area contributed by atoms with Crippen LogP contribution in [0, 0.1) is 0 Å². The van der Waals surface area contributed by atoms with Gasteiger partial charge in [-0.15, -0.1) is 0 Å². The van der Waals surface area contributed by atoms with Gasteiger partial charge in [0, 0.05) is 16.3 Å². The van der Waals surface area contributed by atoms with Gasteiger partial charge in [0.05, 0.1) is 0 Å². The Morgan fingerprint density at radius 1 is 0.806 bits per heavy atom. The van der Waals surface area contributed by atoms with E-state index in [1.54, 1.807) is 6.92 Å². The van der Waals surface area contributed by atoms with E-state index in [1.807, 2.05) is 36.4 Å². The van der Waals surface area contributed by atoms with Crippen molar-refractivity contribution in [3.05, 3.63) is 131 Å². The number of hydrogen-bond donors (Lipinski definition) is 0. The highest BCUT2D eigenvalue weighted by atomic mass is 31.1. The molecule has 0 aliphatic carbocycles. The van der Waals surface area contributed by atoms with E-state index in [4.69, 9.17) is 4.74 Å². The third-order valence-electron chi connectivity index (χ3n) is 6.59. The lowest BCUT2D eigenvalue weighted by atomic mass is 9.91. The molecule has 0 amide bonds. The van der Waals surface area contributed by atoms with Crippen LogP contribution in [0.15, 0.2) is 103 Å². The molecule has 0 aromatic heterocycles.